The number of nitrogens with zero attached hydrogens (tertiary/aromatic N) is 2. The molecule has 1 aromatic carbocycles. The maximum Gasteiger partial charge on any atom is 0.276 e. The number of rotatable bonds is 2. The van der Waals surface area contributed by atoms with Gasteiger partial charge in [-0.2, -0.15) is 0 Å². The largest absolute Gasteiger partial charge is 0.321 e. The van der Waals surface area contributed by atoms with Crippen molar-refractivity contribution in [1.29, 1.82) is 0 Å². The van der Waals surface area contributed by atoms with Crippen LogP contribution in [0.1, 0.15) is 21.9 Å². The Morgan fingerprint density at radius 3 is 2.81 bits per heavy atom. The molecule has 0 aliphatic carbocycles. The van der Waals surface area contributed by atoms with Crippen LogP contribution in [0.2, 0.25) is 5.02 Å². The summed E-state index contributed by atoms with van der Waals surface area (Å²) in [6, 6.07) is 11.1. The van der Waals surface area contributed by atoms with Gasteiger partial charge in [-0.3, -0.25) is 4.79 Å². The smallest absolute Gasteiger partial charge is 0.276 e. The minimum atomic E-state index is -0.244. The van der Waals surface area contributed by atoms with Crippen LogP contribution >= 0.6 is 11.6 Å². The van der Waals surface area contributed by atoms with Crippen molar-refractivity contribution in [3.8, 4) is 0 Å². The van der Waals surface area contributed by atoms with Crippen LogP contribution in [0.3, 0.4) is 0 Å². The molecule has 5 heteroatoms. The minimum Gasteiger partial charge on any atom is -0.321 e. The van der Waals surface area contributed by atoms with E-state index in [0.29, 0.717) is 16.4 Å². The molecule has 0 saturated heterocycles. The number of halogens is 1. The maximum absolute atomic E-state index is 12.4. The van der Waals surface area contributed by atoms with Crippen LogP contribution in [-0.4, -0.2) is 15.3 Å². The van der Waals surface area contributed by atoms with Crippen LogP contribution in [-0.2, 0) is 0 Å². The Hall–Kier alpha value is -2.33. The Kier molecular flexibility index (Phi) is 3.39. The molecule has 1 N–H and O–H groups in total. The number of pyridine rings is 1. The molecule has 0 spiro atoms. The molecule has 0 radical (unpaired) electrons. The molecule has 0 atom stereocenters. The normalized spacial score (nSPS) is 10.8. The van der Waals surface area contributed by atoms with Gasteiger partial charge in [0.05, 0.1) is 5.52 Å². The highest BCUT2D eigenvalue weighted by molar-refractivity contribution is 6.31. The van der Waals surface area contributed by atoms with E-state index in [1.165, 1.54) is 0 Å². The molecule has 4 nitrogen and oxygen atoms in total. The van der Waals surface area contributed by atoms with Crippen LogP contribution in [0, 0.1) is 13.8 Å². The zero-order valence-corrected chi connectivity index (χ0v) is 12.5. The Morgan fingerprint density at radius 1 is 1.24 bits per heavy atom. The van der Waals surface area contributed by atoms with E-state index in [9.17, 15) is 4.79 Å². The second-order valence-electron chi connectivity index (χ2n) is 4.88. The topological polar surface area (TPSA) is 46.4 Å². The van der Waals surface area contributed by atoms with Crippen molar-refractivity contribution in [2.45, 2.75) is 13.8 Å². The Morgan fingerprint density at radius 2 is 2.05 bits per heavy atom. The standard InChI is InChI=1S/C16H14ClN3O/c1-10-6-7-12(9-13(10)17)19-16(21)15-14-5-3-4-8-20(14)11(2)18-15/h3-9H,1-2H3,(H,19,21). The Bertz CT molecular complexity index is 839. The predicted molar refractivity (Wildman–Crippen MR) is 84.1 cm³/mol. The highest BCUT2D eigenvalue weighted by Crippen LogP contribution is 2.21. The fraction of sp³-hybridized carbons (Fsp3) is 0.125. The van der Waals surface area contributed by atoms with E-state index in [2.05, 4.69) is 10.3 Å². The summed E-state index contributed by atoms with van der Waals surface area (Å²) in [5.41, 5.74) is 2.82. The number of hydrogen-bond donors (Lipinski definition) is 1. The lowest BCUT2D eigenvalue weighted by Gasteiger charge is -2.05. The molecule has 2 aromatic heterocycles. The average molecular weight is 300 g/mol. The number of carbonyl (C=O) groups excluding carboxylic acids is 1. The summed E-state index contributed by atoms with van der Waals surface area (Å²) in [6.07, 6.45) is 1.89. The second kappa shape index (κ2) is 5.22. The molecule has 106 valence electrons. The molecular formula is C16H14ClN3O. The van der Waals surface area contributed by atoms with Crippen LogP contribution < -0.4 is 5.32 Å². The van der Waals surface area contributed by atoms with Gasteiger partial charge >= 0.3 is 0 Å². The first-order chi connectivity index (χ1) is 10.1. The third-order valence-corrected chi connectivity index (χ3v) is 3.78. The van der Waals surface area contributed by atoms with Crippen molar-refractivity contribution in [3.63, 3.8) is 0 Å². The molecule has 0 bridgehead atoms. The minimum absolute atomic E-state index is 0.244. The number of imidazole rings is 1. The van der Waals surface area contributed by atoms with Gasteiger partial charge in [-0.1, -0.05) is 23.7 Å². The predicted octanol–water partition coefficient (Wildman–Crippen LogP) is 3.86. The van der Waals surface area contributed by atoms with Crippen LogP contribution in [0.5, 0.6) is 0 Å². The first-order valence-corrected chi connectivity index (χ1v) is 6.95. The van der Waals surface area contributed by atoms with E-state index in [0.717, 1.165) is 16.9 Å². The molecular weight excluding hydrogens is 286 g/mol. The van der Waals surface area contributed by atoms with Crippen molar-refractivity contribution in [3.05, 3.63) is 64.7 Å². The number of anilines is 1. The number of fused-ring (bicyclic) bond motifs is 1. The van der Waals surface area contributed by atoms with Crippen LogP contribution in [0.15, 0.2) is 42.6 Å². The summed E-state index contributed by atoms with van der Waals surface area (Å²) in [5.74, 6) is 0.532. The number of aryl methyl sites for hydroxylation is 2. The van der Waals surface area contributed by atoms with Gasteiger partial charge in [0.2, 0.25) is 0 Å². The molecule has 21 heavy (non-hydrogen) atoms. The van der Waals surface area contributed by atoms with Crippen molar-refractivity contribution in [1.82, 2.24) is 9.38 Å². The monoisotopic (exact) mass is 299 g/mol. The quantitative estimate of drug-likeness (QED) is 0.781. The third-order valence-electron chi connectivity index (χ3n) is 3.37. The Balaban J connectivity index is 1.95. The Labute approximate surface area is 127 Å². The average Bonchev–Trinajstić information content (AvgIpc) is 2.81. The van der Waals surface area contributed by atoms with E-state index in [1.54, 1.807) is 6.07 Å². The van der Waals surface area contributed by atoms with E-state index < -0.39 is 0 Å². The molecule has 0 saturated carbocycles. The number of aromatic nitrogens is 2. The van der Waals surface area contributed by atoms with Crippen molar-refractivity contribution >= 4 is 28.7 Å². The van der Waals surface area contributed by atoms with Crippen molar-refractivity contribution in [2.24, 2.45) is 0 Å². The van der Waals surface area contributed by atoms with E-state index >= 15 is 0 Å². The summed E-state index contributed by atoms with van der Waals surface area (Å²) >= 11 is 6.07. The first-order valence-electron chi connectivity index (χ1n) is 6.57. The first kappa shape index (κ1) is 13.6. The molecule has 0 aliphatic heterocycles. The molecule has 0 unspecified atom stereocenters. The third kappa shape index (κ3) is 2.50. The van der Waals surface area contributed by atoms with E-state index in [1.807, 2.05) is 54.8 Å². The summed E-state index contributed by atoms with van der Waals surface area (Å²) in [7, 11) is 0. The number of amides is 1. The van der Waals surface area contributed by atoms with Crippen LogP contribution in [0.4, 0.5) is 5.69 Å². The number of nitrogens with one attached hydrogen (secondary N) is 1. The van der Waals surface area contributed by atoms with E-state index in [4.69, 9.17) is 11.6 Å². The second-order valence-corrected chi connectivity index (χ2v) is 5.29. The lowest BCUT2D eigenvalue weighted by molar-refractivity contribution is 0.102. The molecule has 0 aliphatic rings. The van der Waals surface area contributed by atoms with Crippen molar-refractivity contribution in [2.75, 3.05) is 5.32 Å². The number of benzene rings is 1. The molecule has 1 amide bonds. The van der Waals surface area contributed by atoms with Gasteiger partial charge < -0.3 is 9.72 Å². The fourth-order valence-corrected chi connectivity index (χ4v) is 2.40. The van der Waals surface area contributed by atoms with Gasteiger partial charge in [0.15, 0.2) is 5.69 Å². The summed E-state index contributed by atoms with van der Waals surface area (Å²) in [4.78, 5) is 16.8. The maximum atomic E-state index is 12.4. The molecule has 3 aromatic rings. The van der Waals surface area contributed by atoms with Gasteiger partial charge in [-0.15, -0.1) is 0 Å². The summed E-state index contributed by atoms with van der Waals surface area (Å²) < 4.78 is 1.89. The fourth-order valence-electron chi connectivity index (χ4n) is 2.22. The van der Waals surface area contributed by atoms with Gasteiger partial charge in [0, 0.05) is 16.9 Å². The lowest BCUT2D eigenvalue weighted by atomic mass is 10.2. The summed E-state index contributed by atoms with van der Waals surface area (Å²) in [6.45, 7) is 3.78. The molecule has 0 fully saturated rings. The van der Waals surface area contributed by atoms with Gasteiger partial charge in [0.1, 0.15) is 5.82 Å². The van der Waals surface area contributed by atoms with Gasteiger partial charge in [-0.25, -0.2) is 4.98 Å². The van der Waals surface area contributed by atoms with Crippen molar-refractivity contribution < 1.29 is 4.79 Å². The highest BCUT2D eigenvalue weighted by atomic mass is 35.5. The SMILES string of the molecule is Cc1ccc(NC(=O)c2nc(C)n3ccccc23)cc1Cl. The highest BCUT2D eigenvalue weighted by Gasteiger charge is 2.15. The van der Waals surface area contributed by atoms with Gasteiger partial charge in [-0.05, 0) is 43.7 Å². The van der Waals surface area contributed by atoms with Crippen LogP contribution in [0.25, 0.3) is 5.52 Å². The zero-order valence-electron chi connectivity index (χ0n) is 11.7. The number of hydrogen-bond acceptors (Lipinski definition) is 2. The van der Waals surface area contributed by atoms with E-state index in [-0.39, 0.29) is 5.91 Å². The van der Waals surface area contributed by atoms with Gasteiger partial charge in [0.25, 0.3) is 5.91 Å². The molecule has 3 rings (SSSR count). The molecule has 2 heterocycles. The zero-order chi connectivity index (χ0) is 15.0. The number of carbonyl (C=O) groups is 1. The lowest BCUT2D eigenvalue weighted by Crippen LogP contribution is -2.12. The summed E-state index contributed by atoms with van der Waals surface area (Å²) in [5, 5.41) is 3.46.